The van der Waals surface area contributed by atoms with Gasteiger partial charge < -0.3 is 9.73 Å². The van der Waals surface area contributed by atoms with Gasteiger partial charge in [-0.05, 0) is 50.1 Å². The standard InChI is InChI=1S/C21H23N3O4S2/c1-15-23-19(14-29-15)20-9-8-17(28-20)13-22-21(25)16-6-5-7-18(12-16)30(26,27)24-10-3-2-4-11-24/h5-9,12,14H,2-4,10-11,13H2,1H3,(H,22,25). The summed E-state index contributed by atoms with van der Waals surface area (Å²) in [6, 6.07) is 9.79. The predicted molar refractivity (Wildman–Crippen MR) is 115 cm³/mol. The number of rotatable bonds is 6. The fraction of sp³-hybridized carbons (Fsp3) is 0.333. The average molecular weight is 446 g/mol. The number of aryl methyl sites for hydroxylation is 1. The summed E-state index contributed by atoms with van der Waals surface area (Å²) in [4.78, 5) is 17.1. The van der Waals surface area contributed by atoms with E-state index in [-0.39, 0.29) is 17.3 Å². The van der Waals surface area contributed by atoms with Crippen LogP contribution in [0, 0.1) is 6.92 Å². The van der Waals surface area contributed by atoms with Crippen LogP contribution < -0.4 is 5.32 Å². The van der Waals surface area contributed by atoms with Crippen LogP contribution in [0.3, 0.4) is 0 Å². The van der Waals surface area contributed by atoms with Crippen LogP contribution in [0.5, 0.6) is 0 Å². The molecule has 3 aromatic rings. The van der Waals surface area contributed by atoms with E-state index >= 15 is 0 Å². The van der Waals surface area contributed by atoms with Gasteiger partial charge in [-0.3, -0.25) is 4.79 Å². The lowest BCUT2D eigenvalue weighted by Gasteiger charge is -2.26. The number of furan rings is 1. The van der Waals surface area contributed by atoms with Crippen LogP contribution in [0.2, 0.25) is 0 Å². The number of nitrogens with zero attached hydrogens (tertiary/aromatic N) is 2. The number of nitrogens with one attached hydrogen (secondary N) is 1. The first-order chi connectivity index (χ1) is 14.4. The van der Waals surface area contributed by atoms with Gasteiger partial charge in [-0.1, -0.05) is 12.5 Å². The van der Waals surface area contributed by atoms with Crippen LogP contribution in [-0.4, -0.2) is 36.7 Å². The summed E-state index contributed by atoms with van der Waals surface area (Å²) in [5.41, 5.74) is 1.07. The van der Waals surface area contributed by atoms with E-state index in [1.165, 1.54) is 16.4 Å². The van der Waals surface area contributed by atoms with Crippen molar-refractivity contribution in [2.24, 2.45) is 0 Å². The monoisotopic (exact) mass is 445 g/mol. The average Bonchev–Trinajstić information content (AvgIpc) is 3.41. The van der Waals surface area contributed by atoms with Gasteiger partial charge in [0.05, 0.1) is 16.4 Å². The van der Waals surface area contributed by atoms with Crippen LogP contribution in [0.1, 0.15) is 40.4 Å². The molecule has 0 saturated carbocycles. The van der Waals surface area contributed by atoms with Gasteiger partial charge in [0.2, 0.25) is 10.0 Å². The number of aromatic nitrogens is 1. The van der Waals surface area contributed by atoms with Crippen LogP contribution in [0.25, 0.3) is 11.5 Å². The molecule has 1 aliphatic heterocycles. The molecule has 30 heavy (non-hydrogen) atoms. The maximum Gasteiger partial charge on any atom is 0.251 e. The molecular formula is C21H23N3O4S2. The van der Waals surface area contributed by atoms with E-state index in [2.05, 4.69) is 10.3 Å². The normalized spacial score (nSPS) is 15.2. The Balaban J connectivity index is 1.43. The van der Waals surface area contributed by atoms with E-state index < -0.39 is 10.0 Å². The minimum atomic E-state index is -3.58. The molecule has 1 saturated heterocycles. The molecule has 1 N–H and O–H groups in total. The number of piperidine rings is 1. The third-order valence-corrected chi connectivity index (χ3v) is 7.67. The van der Waals surface area contributed by atoms with E-state index in [0.29, 0.717) is 30.2 Å². The third-order valence-electron chi connectivity index (χ3n) is 5.01. The lowest BCUT2D eigenvalue weighted by atomic mass is 10.2. The highest BCUT2D eigenvalue weighted by Crippen LogP contribution is 2.24. The molecule has 3 heterocycles. The Kier molecular flexibility index (Phi) is 6.03. The maximum absolute atomic E-state index is 12.9. The molecule has 1 fully saturated rings. The van der Waals surface area contributed by atoms with Crippen LogP contribution in [0.15, 0.2) is 51.1 Å². The lowest BCUT2D eigenvalue weighted by Crippen LogP contribution is -2.35. The van der Waals surface area contributed by atoms with Gasteiger partial charge >= 0.3 is 0 Å². The van der Waals surface area contributed by atoms with Gasteiger partial charge in [0.15, 0.2) is 5.76 Å². The number of amides is 1. The highest BCUT2D eigenvalue weighted by molar-refractivity contribution is 7.89. The number of sulfonamides is 1. The summed E-state index contributed by atoms with van der Waals surface area (Å²) in [5.74, 6) is 0.896. The summed E-state index contributed by atoms with van der Waals surface area (Å²) >= 11 is 1.54. The van der Waals surface area contributed by atoms with Crippen molar-refractivity contribution in [3.05, 3.63) is 58.1 Å². The van der Waals surface area contributed by atoms with E-state index in [4.69, 9.17) is 4.42 Å². The molecule has 0 radical (unpaired) electrons. The number of carbonyl (C=O) groups excluding carboxylic acids is 1. The molecule has 4 rings (SSSR count). The first-order valence-electron chi connectivity index (χ1n) is 9.83. The molecule has 0 unspecified atom stereocenters. The van der Waals surface area contributed by atoms with Crippen LogP contribution in [-0.2, 0) is 16.6 Å². The molecule has 1 aromatic carbocycles. The van der Waals surface area contributed by atoms with E-state index in [9.17, 15) is 13.2 Å². The van der Waals surface area contributed by atoms with E-state index in [0.717, 1.165) is 30.0 Å². The minimum Gasteiger partial charge on any atom is -0.458 e. The van der Waals surface area contributed by atoms with Crippen molar-refractivity contribution in [3.63, 3.8) is 0 Å². The van der Waals surface area contributed by atoms with Gasteiger partial charge in [-0.2, -0.15) is 4.31 Å². The zero-order chi connectivity index (χ0) is 21.1. The van der Waals surface area contributed by atoms with E-state index in [1.807, 2.05) is 18.4 Å². The first-order valence-corrected chi connectivity index (χ1v) is 12.1. The fourth-order valence-corrected chi connectivity index (χ4v) is 5.57. The summed E-state index contributed by atoms with van der Waals surface area (Å²) in [6.45, 7) is 3.18. The maximum atomic E-state index is 12.9. The zero-order valence-electron chi connectivity index (χ0n) is 16.6. The second-order valence-electron chi connectivity index (χ2n) is 7.19. The fourth-order valence-electron chi connectivity index (χ4n) is 3.41. The Morgan fingerprint density at radius 2 is 2.00 bits per heavy atom. The Labute approximate surface area is 179 Å². The topological polar surface area (TPSA) is 92.5 Å². The summed E-state index contributed by atoms with van der Waals surface area (Å²) in [7, 11) is -3.58. The Bertz CT molecular complexity index is 1140. The first kappa shape index (κ1) is 20.8. The van der Waals surface area contributed by atoms with Crippen molar-refractivity contribution in [1.29, 1.82) is 0 Å². The minimum absolute atomic E-state index is 0.149. The van der Waals surface area contributed by atoms with Crippen molar-refractivity contribution < 1.29 is 17.6 Å². The molecule has 0 spiro atoms. The second kappa shape index (κ2) is 8.71. The molecule has 7 nitrogen and oxygen atoms in total. The lowest BCUT2D eigenvalue weighted by molar-refractivity contribution is 0.0948. The van der Waals surface area contributed by atoms with Crippen molar-refractivity contribution in [3.8, 4) is 11.5 Å². The number of hydrogen-bond donors (Lipinski definition) is 1. The van der Waals surface area contributed by atoms with Crippen LogP contribution in [0.4, 0.5) is 0 Å². The zero-order valence-corrected chi connectivity index (χ0v) is 18.3. The van der Waals surface area contributed by atoms with Gasteiger partial charge in [0.1, 0.15) is 11.5 Å². The molecule has 0 bridgehead atoms. The molecule has 0 aliphatic carbocycles. The van der Waals surface area contributed by atoms with Gasteiger partial charge in [-0.15, -0.1) is 11.3 Å². The molecule has 0 atom stereocenters. The van der Waals surface area contributed by atoms with Gasteiger partial charge in [0, 0.05) is 24.0 Å². The van der Waals surface area contributed by atoms with Gasteiger partial charge in [0.25, 0.3) is 5.91 Å². The second-order valence-corrected chi connectivity index (χ2v) is 10.2. The smallest absolute Gasteiger partial charge is 0.251 e. The number of thiazole rings is 1. The number of hydrogen-bond acceptors (Lipinski definition) is 6. The predicted octanol–water partition coefficient (Wildman–Crippen LogP) is 3.82. The van der Waals surface area contributed by atoms with Crippen molar-refractivity contribution >= 4 is 27.3 Å². The quantitative estimate of drug-likeness (QED) is 0.623. The van der Waals surface area contributed by atoms with E-state index in [1.54, 1.807) is 29.5 Å². The SMILES string of the molecule is Cc1nc(-c2ccc(CNC(=O)c3cccc(S(=O)(=O)N4CCCCC4)c3)o2)cs1. The van der Waals surface area contributed by atoms with Crippen molar-refractivity contribution in [1.82, 2.24) is 14.6 Å². The third kappa shape index (κ3) is 4.48. The van der Waals surface area contributed by atoms with Crippen LogP contribution >= 0.6 is 11.3 Å². The summed E-state index contributed by atoms with van der Waals surface area (Å²) in [5, 5.41) is 5.66. The number of carbonyl (C=O) groups is 1. The molecule has 2 aromatic heterocycles. The van der Waals surface area contributed by atoms with Crippen molar-refractivity contribution in [2.45, 2.75) is 37.6 Å². The van der Waals surface area contributed by atoms with Crippen molar-refractivity contribution in [2.75, 3.05) is 13.1 Å². The molecule has 1 aliphatic rings. The summed E-state index contributed by atoms with van der Waals surface area (Å²) < 4.78 is 33.0. The molecular weight excluding hydrogens is 422 g/mol. The Hall–Kier alpha value is -2.49. The number of benzene rings is 1. The Morgan fingerprint density at radius 1 is 1.20 bits per heavy atom. The molecule has 158 valence electrons. The highest BCUT2D eigenvalue weighted by Gasteiger charge is 2.26. The molecule has 1 amide bonds. The highest BCUT2D eigenvalue weighted by atomic mass is 32.2. The molecule has 9 heteroatoms. The Morgan fingerprint density at radius 3 is 2.73 bits per heavy atom. The van der Waals surface area contributed by atoms with Gasteiger partial charge in [-0.25, -0.2) is 13.4 Å². The largest absolute Gasteiger partial charge is 0.458 e. The summed E-state index contributed by atoms with van der Waals surface area (Å²) in [6.07, 6.45) is 2.78.